The van der Waals surface area contributed by atoms with Crippen LogP contribution in [0, 0.1) is 0 Å². The lowest BCUT2D eigenvalue weighted by Crippen LogP contribution is -1.95. The van der Waals surface area contributed by atoms with E-state index in [1.165, 1.54) is 25.6 Å². The number of rotatable bonds is 4. The van der Waals surface area contributed by atoms with Crippen LogP contribution in [-0.4, -0.2) is 24.9 Å². The Labute approximate surface area is 307 Å². The quantitative estimate of drug-likeness (QED) is 0.172. The second-order valence-corrected chi connectivity index (χ2v) is 14.3. The lowest BCUT2D eigenvalue weighted by molar-refractivity contribution is 1.17. The van der Waals surface area contributed by atoms with Gasteiger partial charge in [-0.25, -0.2) is 24.9 Å². The van der Waals surface area contributed by atoms with E-state index in [1.54, 1.807) is 0 Å². The summed E-state index contributed by atoms with van der Waals surface area (Å²) in [5, 5.41) is 8.19. The summed E-state index contributed by atoms with van der Waals surface area (Å²) in [5.41, 5.74) is 9.09. The molecule has 0 aliphatic heterocycles. The van der Waals surface area contributed by atoms with Crippen LogP contribution in [0.2, 0.25) is 0 Å². The van der Waals surface area contributed by atoms with E-state index in [9.17, 15) is 0 Å². The van der Waals surface area contributed by atoms with Gasteiger partial charge in [0.15, 0.2) is 5.82 Å². The summed E-state index contributed by atoms with van der Waals surface area (Å²) in [6.07, 6.45) is 1.81. The van der Waals surface area contributed by atoms with E-state index >= 15 is 0 Å². The number of hydrogen-bond donors (Lipinski definition) is 0. The van der Waals surface area contributed by atoms with Gasteiger partial charge in [0.1, 0.15) is 0 Å². The molecule has 0 aliphatic carbocycles. The lowest BCUT2D eigenvalue weighted by Gasteiger charge is -2.12. The van der Waals surface area contributed by atoms with Crippen molar-refractivity contribution in [1.29, 1.82) is 0 Å². The Balaban J connectivity index is 1.03. The molecule has 0 atom stereocenters. The van der Waals surface area contributed by atoms with Gasteiger partial charge in [0.05, 0.1) is 39.3 Å². The number of benzene rings is 6. The van der Waals surface area contributed by atoms with E-state index in [4.69, 9.17) is 24.9 Å². The Kier molecular flexibility index (Phi) is 6.66. The van der Waals surface area contributed by atoms with Crippen LogP contribution in [0.25, 0.3) is 109 Å². The third-order valence-electron chi connectivity index (χ3n) is 10.1. The Morgan fingerprint density at radius 3 is 1.94 bits per heavy atom. The van der Waals surface area contributed by atoms with Crippen LogP contribution >= 0.6 is 11.3 Å². The van der Waals surface area contributed by atoms with Crippen LogP contribution in [0.5, 0.6) is 0 Å². The summed E-state index contributed by atoms with van der Waals surface area (Å²) in [7, 11) is 0. The fourth-order valence-corrected chi connectivity index (χ4v) is 8.83. The van der Waals surface area contributed by atoms with E-state index in [2.05, 4.69) is 127 Å². The molecule has 53 heavy (non-hydrogen) atoms. The van der Waals surface area contributed by atoms with Crippen LogP contribution in [0.15, 0.2) is 164 Å². The Morgan fingerprint density at radius 2 is 1.08 bits per heavy atom. The number of pyridine rings is 3. The summed E-state index contributed by atoms with van der Waals surface area (Å²) < 4.78 is 2.58. The zero-order valence-electron chi connectivity index (χ0n) is 28.2. The minimum atomic E-state index is 0.630. The average molecular weight is 694 g/mol. The highest BCUT2D eigenvalue weighted by atomic mass is 32.1. The first-order valence-electron chi connectivity index (χ1n) is 17.6. The number of fused-ring (bicyclic) bond motifs is 10. The topological polar surface area (TPSA) is 64.5 Å². The molecular formula is C47H27N5S. The molecule has 246 valence electrons. The molecular weight excluding hydrogens is 667 g/mol. The van der Waals surface area contributed by atoms with Crippen molar-refractivity contribution in [3.8, 4) is 45.3 Å². The summed E-state index contributed by atoms with van der Waals surface area (Å²) >= 11 is 1.85. The summed E-state index contributed by atoms with van der Waals surface area (Å²) in [4.78, 5) is 25.3. The third-order valence-corrected chi connectivity index (χ3v) is 11.3. The van der Waals surface area contributed by atoms with E-state index in [0.29, 0.717) is 5.82 Å². The maximum Gasteiger partial charge on any atom is 0.159 e. The van der Waals surface area contributed by atoms with Crippen LogP contribution in [-0.2, 0) is 0 Å². The van der Waals surface area contributed by atoms with E-state index < -0.39 is 0 Å². The predicted octanol–water partition coefficient (Wildman–Crippen LogP) is 12.3. The van der Waals surface area contributed by atoms with Gasteiger partial charge in [0.2, 0.25) is 0 Å². The normalized spacial score (nSPS) is 11.8. The number of para-hydroxylation sites is 1. The summed E-state index contributed by atoms with van der Waals surface area (Å²) in [6.45, 7) is 0. The predicted molar refractivity (Wildman–Crippen MR) is 220 cm³/mol. The minimum Gasteiger partial charge on any atom is -0.247 e. The molecule has 5 aromatic heterocycles. The van der Waals surface area contributed by atoms with E-state index in [0.717, 1.165) is 77.6 Å². The number of aromatic nitrogens is 5. The summed E-state index contributed by atoms with van der Waals surface area (Å²) in [5.74, 6) is 0.630. The van der Waals surface area contributed by atoms with Crippen molar-refractivity contribution < 1.29 is 0 Å². The monoisotopic (exact) mass is 693 g/mol. The highest BCUT2D eigenvalue weighted by Gasteiger charge is 2.17. The molecule has 0 unspecified atom stereocenters. The SMILES string of the molecule is c1ccc(-c2ccc3ccc4ccc(-c5ccnc(-c6cccc(-c7nc8ccccc8c8c7ccc7c9ccccc9sc78)c6)n5)nc4c3n2)cc1. The molecule has 0 aliphatic rings. The van der Waals surface area contributed by atoms with Gasteiger partial charge in [-0.1, -0.05) is 121 Å². The second-order valence-electron chi connectivity index (χ2n) is 13.3. The molecule has 0 fully saturated rings. The highest BCUT2D eigenvalue weighted by molar-refractivity contribution is 7.26. The molecule has 0 saturated carbocycles. The summed E-state index contributed by atoms with van der Waals surface area (Å²) in [6, 6.07) is 54.7. The molecule has 0 radical (unpaired) electrons. The number of nitrogens with zero attached hydrogens (tertiary/aromatic N) is 5. The number of thiophene rings is 1. The van der Waals surface area contributed by atoms with Gasteiger partial charge in [0.25, 0.3) is 0 Å². The van der Waals surface area contributed by atoms with Crippen molar-refractivity contribution in [3.05, 3.63) is 164 Å². The van der Waals surface area contributed by atoms with Crippen molar-refractivity contribution in [3.63, 3.8) is 0 Å². The fourth-order valence-electron chi connectivity index (χ4n) is 7.56. The molecule has 0 bridgehead atoms. The molecule has 5 nitrogen and oxygen atoms in total. The van der Waals surface area contributed by atoms with Crippen LogP contribution < -0.4 is 0 Å². The standard InChI is InChI=1S/C47H27N5S/c1-2-9-28(10-3-1)37-23-19-29-17-18-30-20-24-39(51-45(30)44(29)49-37)40-25-26-48-47(52-40)32-12-8-11-31(27-32)43-36-22-21-34-33-13-5-7-16-41(33)53-46(34)42(36)35-14-4-6-15-38(35)50-43/h1-27H. The van der Waals surface area contributed by atoms with Gasteiger partial charge >= 0.3 is 0 Å². The second kappa shape index (κ2) is 11.8. The molecule has 0 saturated heterocycles. The first kappa shape index (κ1) is 29.8. The van der Waals surface area contributed by atoms with Gasteiger partial charge in [-0.15, -0.1) is 11.3 Å². The zero-order chi connectivity index (χ0) is 34.9. The van der Waals surface area contributed by atoms with Crippen LogP contribution in [0.1, 0.15) is 0 Å². The minimum absolute atomic E-state index is 0.630. The van der Waals surface area contributed by atoms with E-state index in [-0.39, 0.29) is 0 Å². The highest BCUT2D eigenvalue weighted by Crippen LogP contribution is 2.43. The fraction of sp³-hybridized carbons (Fsp3) is 0. The van der Waals surface area contributed by atoms with Crippen molar-refractivity contribution >= 4 is 75.0 Å². The first-order chi connectivity index (χ1) is 26.2. The molecule has 11 aromatic rings. The van der Waals surface area contributed by atoms with Crippen molar-refractivity contribution in [2.45, 2.75) is 0 Å². The molecule has 0 spiro atoms. The Morgan fingerprint density at radius 1 is 0.415 bits per heavy atom. The molecule has 0 N–H and O–H groups in total. The van der Waals surface area contributed by atoms with Gasteiger partial charge < -0.3 is 0 Å². The number of hydrogen-bond acceptors (Lipinski definition) is 6. The Bertz CT molecular complexity index is 3240. The molecule has 11 rings (SSSR count). The van der Waals surface area contributed by atoms with Crippen LogP contribution in [0.3, 0.4) is 0 Å². The van der Waals surface area contributed by atoms with Crippen molar-refractivity contribution in [2.24, 2.45) is 0 Å². The van der Waals surface area contributed by atoms with E-state index in [1.807, 2.05) is 47.9 Å². The smallest absolute Gasteiger partial charge is 0.159 e. The first-order valence-corrected chi connectivity index (χ1v) is 18.4. The molecule has 0 amide bonds. The van der Waals surface area contributed by atoms with Gasteiger partial charge in [-0.05, 0) is 36.4 Å². The Hall–Kier alpha value is -6.89. The van der Waals surface area contributed by atoms with Crippen molar-refractivity contribution in [1.82, 2.24) is 24.9 Å². The molecule has 5 heterocycles. The maximum absolute atomic E-state index is 5.26. The zero-order valence-corrected chi connectivity index (χ0v) is 29.0. The molecule has 6 heteroatoms. The largest absolute Gasteiger partial charge is 0.247 e. The van der Waals surface area contributed by atoms with Gasteiger partial charge in [0, 0.05) is 70.0 Å². The maximum atomic E-state index is 5.26. The van der Waals surface area contributed by atoms with Crippen LogP contribution in [0.4, 0.5) is 0 Å². The third kappa shape index (κ3) is 4.88. The average Bonchev–Trinajstić information content (AvgIpc) is 3.62. The van der Waals surface area contributed by atoms with Gasteiger partial charge in [-0.2, -0.15) is 0 Å². The van der Waals surface area contributed by atoms with Gasteiger partial charge in [-0.3, -0.25) is 0 Å². The lowest BCUT2D eigenvalue weighted by atomic mass is 9.97. The van der Waals surface area contributed by atoms with Crippen molar-refractivity contribution in [2.75, 3.05) is 0 Å². The molecule has 6 aromatic carbocycles.